The molecule has 2 aromatic rings. The van der Waals surface area contributed by atoms with E-state index in [2.05, 4.69) is 6.58 Å². The highest BCUT2D eigenvalue weighted by Gasteiger charge is 2.19. The number of nitrogens with zero attached hydrogens (tertiary/aromatic N) is 1. The van der Waals surface area contributed by atoms with Crippen molar-refractivity contribution in [1.82, 2.24) is 0 Å². The first-order valence-electron chi connectivity index (χ1n) is 6.01. The smallest absolute Gasteiger partial charge is 0.282 e. The van der Waals surface area contributed by atoms with E-state index >= 15 is 0 Å². The highest BCUT2D eigenvalue weighted by atomic mass is 16.8. The number of benzene rings is 2. The van der Waals surface area contributed by atoms with Crippen LogP contribution in [0.15, 0.2) is 67.3 Å². The fourth-order valence-corrected chi connectivity index (χ4v) is 2.05. The molecule has 0 spiro atoms. The van der Waals surface area contributed by atoms with Gasteiger partial charge in [0.25, 0.3) is 5.71 Å². The summed E-state index contributed by atoms with van der Waals surface area (Å²) in [6.45, 7) is 3.71. The monoisotopic (exact) mass is 253 g/mol. The van der Waals surface area contributed by atoms with Gasteiger partial charge in [-0.1, -0.05) is 42.5 Å². The van der Waals surface area contributed by atoms with Gasteiger partial charge in [-0.25, -0.2) is 0 Å². The Balaban J connectivity index is 2.60. The summed E-state index contributed by atoms with van der Waals surface area (Å²) in [5.74, 6) is 0. The SMILES string of the molecule is C=CCc1ccccc1C(c1ccccc1)=[N+]([O-])O. The van der Waals surface area contributed by atoms with Crippen molar-refractivity contribution in [3.63, 3.8) is 0 Å². The van der Waals surface area contributed by atoms with Gasteiger partial charge in [0.1, 0.15) is 0 Å². The van der Waals surface area contributed by atoms with Crippen molar-refractivity contribution >= 4 is 5.71 Å². The van der Waals surface area contributed by atoms with Gasteiger partial charge in [0.2, 0.25) is 0 Å². The van der Waals surface area contributed by atoms with Crippen molar-refractivity contribution < 1.29 is 10.1 Å². The fourth-order valence-electron chi connectivity index (χ4n) is 2.05. The molecule has 0 heterocycles. The summed E-state index contributed by atoms with van der Waals surface area (Å²) in [6.07, 6.45) is 2.41. The molecule has 0 fully saturated rings. The van der Waals surface area contributed by atoms with Crippen LogP contribution in [0.25, 0.3) is 0 Å². The molecule has 0 amide bonds. The summed E-state index contributed by atoms with van der Waals surface area (Å²) in [4.78, 5) is -0.0722. The lowest BCUT2D eigenvalue weighted by molar-refractivity contribution is -0.725. The van der Waals surface area contributed by atoms with E-state index in [0.29, 0.717) is 17.5 Å². The van der Waals surface area contributed by atoms with Gasteiger partial charge in [0.05, 0.1) is 11.1 Å². The lowest BCUT2D eigenvalue weighted by Crippen LogP contribution is -2.17. The van der Waals surface area contributed by atoms with Crippen molar-refractivity contribution in [2.45, 2.75) is 6.42 Å². The van der Waals surface area contributed by atoms with Gasteiger partial charge >= 0.3 is 0 Å². The van der Waals surface area contributed by atoms with Crippen LogP contribution in [0.2, 0.25) is 0 Å². The summed E-state index contributed by atoms with van der Waals surface area (Å²) in [5.41, 5.74) is 2.59. The standard InChI is InChI=1S/C16H15NO2/c1-2-8-13-9-6-7-12-15(13)16(17(18)19)14-10-4-3-5-11-14/h2-7,9-12H,1,8H2,(H,18,19). The maximum atomic E-state index is 11.5. The van der Waals surface area contributed by atoms with Gasteiger partial charge in [0.15, 0.2) is 0 Å². The van der Waals surface area contributed by atoms with Crippen molar-refractivity contribution in [3.8, 4) is 0 Å². The number of hydrogen-bond acceptors (Lipinski definition) is 2. The van der Waals surface area contributed by atoms with Crippen LogP contribution in [0.1, 0.15) is 16.7 Å². The number of allylic oxidation sites excluding steroid dienone is 1. The molecule has 1 N–H and O–H groups in total. The second-order valence-electron chi connectivity index (χ2n) is 4.14. The molecule has 0 aromatic heterocycles. The van der Waals surface area contributed by atoms with Crippen LogP contribution in [0.5, 0.6) is 0 Å². The Bertz CT molecular complexity index is 599. The molecule has 2 rings (SSSR count). The molecule has 0 saturated heterocycles. The zero-order valence-corrected chi connectivity index (χ0v) is 10.5. The van der Waals surface area contributed by atoms with E-state index in [9.17, 15) is 10.4 Å². The van der Waals surface area contributed by atoms with E-state index in [1.165, 1.54) is 0 Å². The summed E-state index contributed by atoms with van der Waals surface area (Å²) in [6, 6.07) is 16.6. The lowest BCUT2D eigenvalue weighted by Gasteiger charge is -2.07. The predicted octanol–water partition coefficient (Wildman–Crippen LogP) is 3.15. The molecular weight excluding hydrogens is 238 g/mol. The quantitative estimate of drug-likeness (QED) is 0.299. The molecule has 96 valence electrons. The second-order valence-corrected chi connectivity index (χ2v) is 4.14. The third-order valence-corrected chi connectivity index (χ3v) is 2.88. The van der Waals surface area contributed by atoms with Gasteiger partial charge in [-0.15, -0.1) is 6.58 Å². The molecular formula is C16H15NO2. The lowest BCUT2D eigenvalue weighted by atomic mass is 9.96. The molecule has 0 aliphatic rings. The minimum Gasteiger partial charge on any atom is -0.417 e. The topological polar surface area (TPSA) is 46.3 Å². The van der Waals surface area contributed by atoms with Crippen LogP contribution in [0, 0.1) is 5.21 Å². The largest absolute Gasteiger partial charge is 0.417 e. The Morgan fingerprint density at radius 3 is 2.37 bits per heavy atom. The average molecular weight is 253 g/mol. The van der Waals surface area contributed by atoms with E-state index in [4.69, 9.17) is 0 Å². The van der Waals surface area contributed by atoms with E-state index in [1.54, 1.807) is 18.2 Å². The van der Waals surface area contributed by atoms with E-state index < -0.39 is 0 Å². The highest BCUT2D eigenvalue weighted by Crippen LogP contribution is 2.16. The first kappa shape index (κ1) is 12.9. The Labute approximate surface area is 112 Å². The van der Waals surface area contributed by atoms with Crippen LogP contribution in [-0.4, -0.2) is 15.8 Å². The van der Waals surface area contributed by atoms with Gasteiger partial charge < -0.3 is 5.21 Å². The summed E-state index contributed by atoms with van der Waals surface area (Å²) in [7, 11) is 0. The maximum Gasteiger partial charge on any atom is 0.282 e. The Morgan fingerprint density at radius 2 is 1.74 bits per heavy atom. The molecule has 0 bridgehead atoms. The van der Waals surface area contributed by atoms with Crippen molar-refractivity contribution in [2.75, 3.05) is 0 Å². The van der Waals surface area contributed by atoms with Crippen LogP contribution < -0.4 is 0 Å². The molecule has 0 saturated carbocycles. The number of hydrogen-bond donors (Lipinski definition) is 1. The molecule has 0 radical (unpaired) electrons. The average Bonchev–Trinajstić information content (AvgIpc) is 2.42. The molecule has 19 heavy (non-hydrogen) atoms. The van der Waals surface area contributed by atoms with Crippen molar-refractivity contribution in [2.24, 2.45) is 0 Å². The first-order chi connectivity index (χ1) is 9.24. The normalized spacial score (nSPS) is 11.8. The molecule has 2 aromatic carbocycles. The summed E-state index contributed by atoms with van der Waals surface area (Å²) in [5, 5.41) is 20.9. The molecule has 0 atom stereocenters. The second kappa shape index (κ2) is 5.87. The van der Waals surface area contributed by atoms with Crippen LogP contribution in [0.3, 0.4) is 0 Å². The van der Waals surface area contributed by atoms with Gasteiger partial charge in [-0.05, 0) is 30.2 Å². The Hall–Kier alpha value is -2.55. The Morgan fingerprint density at radius 1 is 1.11 bits per heavy atom. The third kappa shape index (κ3) is 2.83. The molecule has 3 heteroatoms. The summed E-state index contributed by atoms with van der Waals surface area (Å²) >= 11 is 0. The highest BCUT2D eigenvalue weighted by molar-refractivity contribution is 6.10. The first-order valence-corrected chi connectivity index (χ1v) is 6.01. The van der Waals surface area contributed by atoms with E-state index in [1.807, 2.05) is 42.5 Å². The van der Waals surface area contributed by atoms with Crippen molar-refractivity contribution in [1.29, 1.82) is 0 Å². The van der Waals surface area contributed by atoms with E-state index in [0.717, 1.165) is 5.56 Å². The maximum absolute atomic E-state index is 11.5. The number of rotatable bonds is 4. The minimum absolute atomic E-state index is 0.0722. The van der Waals surface area contributed by atoms with Crippen LogP contribution >= 0.6 is 0 Å². The fraction of sp³-hybridized carbons (Fsp3) is 0.0625. The molecule has 0 aliphatic carbocycles. The van der Waals surface area contributed by atoms with E-state index in [-0.39, 0.29) is 10.6 Å². The molecule has 3 nitrogen and oxygen atoms in total. The van der Waals surface area contributed by atoms with Crippen LogP contribution in [-0.2, 0) is 6.42 Å². The Kier molecular flexibility index (Phi) is 3.98. The predicted molar refractivity (Wildman–Crippen MR) is 75.4 cm³/mol. The van der Waals surface area contributed by atoms with Gasteiger partial charge in [0, 0.05) is 4.90 Å². The minimum atomic E-state index is -0.0722. The van der Waals surface area contributed by atoms with Crippen molar-refractivity contribution in [3.05, 3.63) is 89.1 Å². The van der Waals surface area contributed by atoms with Gasteiger partial charge in [-0.2, -0.15) is 0 Å². The van der Waals surface area contributed by atoms with Gasteiger partial charge in [-0.3, -0.25) is 5.21 Å². The van der Waals surface area contributed by atoms with Crippen LogP contribution in [0.4, 0.5) is 0 Å². The summed E-state index contributed by atoms with van der Waals surface area (Å²) < 4.78 is 0. The third-order valence-electron chi connectivity index (χ3n) is 2.88. The zero-order chi connectivity index (χ0) is 13.7. The molecule has 0 unspecified atom stereocenters. The molecule has 0 aliphatic heterocycles. The zero-order valence-electron chi connectivity index (χ0n) is 10.5.